The highest BCUT2D eigenvalue weighted by Gasteiger charge is 2.38. The van der Waals surface area contributed by atoms with E-state index in [4.69, 9.17) is 4.98 Å². The Morgan fingerprint density at radius 1 is 1.29 bits per heavy atom. The predicted molar refractivity (Wildman–Crippen MR) is 95.9 cm³/mol. The number of pyridine rings is 1. The highest BCUT2D eigenvalue weighted by Crippen LogP contribution is 2.35. The van der Waals surface area contributed by atoms with Crippen LogP contribution >= 0.6 is 0 Å². The molecule has 3 heterocycles. The molecule has 0 saturated carbocycles. The van der Waals surface area contributed by atoms with Gasteiger partial charge in [-0.15, -0.1) is 0 Å². The molecule has 3 rings (SSSR count). The number of aromatic nitrogens is 3. The Bertz CT molecular complexity index is 786. The van der Waals surface area contributed by atoms with Crippen molar-refractivity contribution in [3.05, 3.63) is 23.5 Å². The van der Waals surface area contributed by atoms with Gasteiger partial charge in [-0.3, -0.25) is 9.48 Å². The third kappa shape index (κ3) is 2.80. The molecule has 0 spiro atoms. The molecule has 130 valence electrons. The number of nitrogens with zero attached hydrogens (tertiary/aromatic N) is 4. The zero-order valence-corrected chi connectivity index (χ0v) is 15.7. The number of aryl methyl sites for hydroxylation is 2. The van der Waals surface area contributed by atoms with Crippen molar-refractivity contribution in [3.8, 4) is 0 Å². The Kier molecular flexibility index (Phi) is 3.93. The van der Waals surface area contributed by atoms with Gasteiger partial charge in [0.25, 0.3) is 0 Å². The molecular weight excluding hydrogens is 300 g/mol. The SMILES string of the molecule is Cc1nn(C)c2nc([C@]3(C)CCCN(C(=O)C(C)(C)C)C3)ccc12. The summed E-state index contributed by atoms with van der Waals surface area (Å²) in [5, 5.41) is 5.56. The molecule has 1 saturated heterocycles. The van der Waals surface area contributed by atoms with E-state index in [9.17, 15) is 4.79 Å². The van der Waals surface area contributed by atoms with Crippen LogP contribution in [0.15, 0.2) is 12.1 Å². The van der Waals surface area contributed by atoms with Crippen LogP contribution < -0.4 is 0 Å². The van der Waals surface area contributed by atoms with Gasteiger partial charge in [-0.25, -0.2) is 4.98 Å². The van der Waals surface area contributed by atoms with Crippen LogP contribution in [-0.2, 0) is 17.3 Å². The summed E-state index contributed by atoms with van der Waals surface area (Å²) in [6, 6.07) is 4.23. The van der Waals surface area contributed by atoms with Gasteiger partial charge in [0.15, 0.2) is 5.65 Å². The molecule has 2 aromatic heterocycles. The molecule has 0 bridgehead atoms. The van der Waals surface area contributed by atoms with Crippen molar-refractivity contribution < 1.29 is 4.79 Å². The summed E-state index contributed by atoms with van der Waals surface area (Å²) in [5.41, 5.74) is 2.54. The number of hydrogen-bond donors (Lipinski definition) is 0. The molecular formula is C19H28N4O. The van der Waals surface area contributed by atoms with Gasteiger partial charge in [0.2, 0.25) is 5.91 Å². The number of piperidine rings is 1. The largest absolute Gasteiger partial charge is 0.341 e. The Labute approximate surface area is 144 Å². The molecule has 1 aliphatic heterocycles. The Balaban J connectivity index is 1.95. The second-order valence-electron chi connectivity index (χ2n) is 8.42. The predicted octanol–water partition coefficient (Wildman–Crippen LogP) is 3.20. The highest BCUT2D eigenvalue weighted by molar-refractivity contribution is 5.82. The fourth-order valence-electron chi connectivity index (χ4n) is 3.74. The molecule has 5 nitrogen and oxygen atoms in total. The number of hydrogen-bond acceptors (Lipinski definition) is 3. The molecule has 0 aromatic carbocycles. The summed E-state index contributed by atoms with van der Waals surface area (Å²) < 4.78 is 1.85. The van der Waals surface area contributed by atoms with Crippen molar-refractivity contribution >= 4 is 16.9 Å². The minimum Gasteiger partial charge on any atom is -0.341 e. The van der Waals surface area contributed by atoms with Crippen LogP contribution in [0.5, 0.6) is 0 Å². The average molecular weight is 328 g/mol. The maximum absolute atomic E-state index is 12.7. The van der Waals surface area contributed by atoms with Gasteiger partial charge in [-0.1, -0.05) is 27.7 Å². The summed E-state index contributed by atoms with van der Waals surface area (Å²) in [6.07, 6.45) is 2.07. The molecule has 0 radical (unpaired) electrons. The minimum absolute atomic E-state index is 0.106. The zero-order chi connectivity index (χ0) is 17.7. The van der Waals surface area contributed by atoms with E-state index in [0.717, 1.165) is 48.4 Å². The fourth-order valence-corrected chi connectivity index (χ4v) is 3.74. The Morgan fingerprint density at radius 3 is 2.67 bits per heavy atom. The first kappa shape index (κ1) is 16.9. The first-order valence-corrected chi connectivity index (χ1v) is 8.72. The Morgan fingerprint density at radius 2 is 2.00 bits per heavy atom. The lowest BCUT2D eigenvalue weighted by Gasteiger charge is -2.42. The standard InChI is InChI=1S/C19H28N4O/c1-13-14-8-9-15(20-16(14)22(6)21-13)19(5)10-7-11-23(12-19)17(24)18(2,3)4/h8-9H,7,10-12H2,1-6H3/t19-/m1/s1. The maximum atomic E-state index is 12.7. The van der Waals surface area contributed by atoms with E-state index < -0.39 is 0 Å². The van der Waals surface area contributed by atoms with Crippen LogP contribution in [0.4, 0.5) is 0 Å². The molecule has 2 aromatic rings. The zero-order valence-electron chi connectivity index (χ0n) is 15.7. The van der Waals surface area contributed by atoms with E-state index >= 15 is 0 Å². The second-order valence-corrected chi connectivity index (χ2v) is 8.42. The number of likely N-dealkylation sites (tertiary alicyclic amines) is 1. The van der Waals surface area contributed by atoms with Gasteiger partial charge < -0.3 is 4.90 Å². The minimum atomic E-state index is -0.339. The molecule has 1 atom stereocenters. The van der Waals surface area contributed by atoms with Crippen LogP contribution in [-0.4, -0.2) is 38.7 Å². The van der Waals surface area contributed by atoms with Crippen LogP contribution in [0.3, 0.4) is 0 Å². The smallest absolute Gasteiger partial charge is 0.227 e. The van der Waals surface area contributed by atoms with E-state index in [1.54, 1.807) is 0 Å². The van der Waals surface area contributed by atoms with E-state index in [0.29, 0.717) is 0 Å². The lowest BCUT2D eigenvalue weighted by Crippen LogP contribution is -2.50. The molecule has 24 heavy (non-hydrogen) atoms. The van der Waals surface area contributed by atoms with E-state index in [1.807, 2.05) is 44.3 Å². The van der Waals surface area contributed by atoms with Crippen LogP contribution in [0.2, 0.25) is 0 Å². The van der Waals surface area contributed by atoms with Gasteiger partial charge in [0, 0.05) is 36.4 Å². The average Bonchev–Trinajstić information content (AvgIpc) is 2.80. The molecule has 0 unspecified atom stereocenters. The summed E-state index contributed by atoms with van der Waals surface area (Å²) in [6.45, 7) is 11.8. The first-order chi connectivity index (χ1) is 11.1. The lowest BCUT2D eigenvalue weighted by atomic mass is 9.77. The second kappa shape index (κ2) is 5.57. The van der Waals surface area contributed by atoms with Gasteiger partial charge in [0.05, 0.1) is 11.4 Å². The summed E-state index contributed by atoms with van der Waals surface area (Å²) >= 11 is 0. The monoisotopic (exact) mass is 328 g/mol. The number of carbonyl (C=O) groups is 1. The molecule has 0 aliphatic carbocycles. The number of carbonyl (C=O) groups excluding carboxylic acids is 1. The van der Waals surface area contributed by atoms with E-state index in [-0.39, 0.29) is 16.7 Å². The van der Waals surface area contributed by atoms with Crippen LogP contribution in [0.25, 0.3) is 11.0 Å². The summed E-state index contributed by atoms with van der Waals surface area (Å²) in [5.74, 6) is 0.228. The number of fused-ring (bicyclic) bond motifs is 1. The molecule has 1 aliphatic rings. The Hall–Kier alpha value is -1.91. The van der Waals surface area contributed by atoms with Crippen LogP contribution in [0.1, 0.15) is 51.9 Å². The quantitative estimate of drug-likeness (QED) is 0.808. The van der Waals surface area contributed by atoms with Crippen molar-refractivity contribution in [2.75, 3.05) is 13.1 Å². The van der Waals surface area contributed by atoms with Gasteiger partial charge >= 0.3 is 0 Å². The first-order valence-electron chi connectivity index (χ1n) is 8.72. The number of amides is 1. The van der Waals surface area contributed by atoms with Crippen molar-refractivity contribution in [2.45, 2.75) is 52.9 Å². The highest BCUT2D eigenvalue weighted by atomic mass is 16.2. The van der Waals surface area contributed by atoms with Gasteiger partial charge in [-0.05, 0) is 31.9 Å². The normalized spacial score (nSPS) is 22.2. The topological polar surface area (TPSA) is 51.0 Å². The summed E-state index contributed by atoms with van der Waals surface area (Å²) in [4.78, 5) is 19.6. The van der Waals surface area contributed by atoms with Crippen LogP contribution in [0, 0.1) is 12.3 Å². The van der Waals surface area contributed by atoms with Crippen molar-refractivity contribution in [3.63, 3.8) is 0 Å². The third-order valence-electron chi connectivity index (χ3n) is 5.12. The summed E-state index contributed by atoms with van der Waals surface area (Å²) in [7, 11) is 1.94. The molecule has 1 fully saturated rings. The van der Waals surface area contributed by atoms with Crippen molar-refractivity contribution in [1.82, 2.24) is 19.7 Å². The van der Waals surface area contributed by atoms with Gasteiger partial charge in [-0.2, -0.15) is 5.10 Å². The molecule has 1 amide bonds. The lowest BCUT2D eigenvalue weighted by molar-refractivity contribution is -0.141. The van der Waals surface area contributed by atoms with E-state index in [2.05, 4.69) is 24.2 Å². The maximum Gasteiger partial charge on any atom is 0.227 e. The molecule has 0 N–H and O–H groups in total. The fraction of sp³-hybridized carbons (Fsp3) is 0.632. The van der Waals surface area contributed by atoms with Gasteiger partial charge in [0.1, 0.15) is 0 Å². The third-order valence-corrected chi connectivity index (χ3v) is 5.12. The molecule has 5 heteroatoms. The van der Waals surface area contributed by atoms with Crippen molar-refractivity contribution in [1.29, 1.82) is 0 Å². The van der Waals surface area contributed by atoms with Crippen molar-refractivity contribution in [2.24, 2.45) is 12.5 Å². The number of rotatable bonds is 1. The van der Waals surface area contributed by atoms with E-state index in [1.165, 1.54) is 0 Å².